The highest BCUT2D eigenvalue weighted by Crippen LogP contribution is 2.46. The Morgan fingerprint density at radius 3 is 2.65 bits per heavy atom. The van der Waals surface area contributed by atoms with Crippen LogP contribution in [0.3, 0.4) is 0 Å². The fraction of sp³-hybridized carbons (Fsp3) is 0.655. The number of Topliss-reactive ketones (excluding diaryl/α,β-unsaturated/α-hetero) is 1. The lowest BCUT2D eigenvalue weighted by molar-refractivity contribution is -0.130. The van der Waals surface area contributed by atoms with Gasteiger partial charge in [-0.15, -0.1) is 0 Å². The first-order valence-corrected chi connectivity index (χ1v) is 13.0. The Bertz CT molecular complexity index is 950. The highest BCUT2D eigenvalue weighted by Gasteiger charge is 2.47. The van der Waals surface area contributed by atoms with Crippen molar-refractivity contribution in [3.05, 3.63) is 47.5 Å². The van der Waals surface area contributed by atoms with Gasteiger partial charge in [0.25, 0.3) is 0 Å². The summed E-state index contributed by atoms with van der Waals surface area (Å²) in [6.07, 6.45) is 13.0. The quantitative estimate of drug-likeness (QED) is 0.460. The molecule has 0 amide bonds. The molecule has 0 aromatic heterocycles. The summed E-state index contributed by atoms with van der Waals surface area (Å²) in [6, 6.07) is 0. The molecule has 5 heteroatoms. The average molecular weight is 467 g/mol. The van der Waals surface area contributed by atoms with Crippen molar-refractivity contribution in [1.29, 1.82) is 0 Å². The summed E-state index contributed by atoms with van der Waals surface area (Å²) in [4.78, 5) is 20.7. The van der Waals surface area contributed by atoms with Crippen LogP contribution >= 0.6 is 0 Å². The Hall–Kier alpha value is -2.14. The van der Waals surface area contributed by atoms with E-state index in [2.05, 4.69) is 39.5 Å². The topological polar surface area (TPSA) is 62.1 Å². The zero-order chi connectivity index (χ0) is 24.6. The van der Waals surface area contributed by atoms with Crippen LogP contribution < -0.4 is 0 Å². The van der Waals surface area contributed by atoms with Crippen LogP contribution in [-0.2, 0) is 9.53 Å². The van der Waals surface area contributed by atoms with E-state index in [0.29, 0.717) is 24.2 Å². The molecule has 0 aromatic carbocycles. The van der Waals surface area contributed by atoms with Gasteiger partial charge < -0.3 is 14.7 Å². The van der Waals surface area contributed by atoms with Crippen molar-refractivity contribution in [2.24, 2.45) is 34.1 Å². The van der Waals surface area contributed by atoms with Gasteiger partial charge >= 0.3 is 0 Å². The molecule has 0 radical (unpaired) electrons. The van der Waals surface area contributed by atoms with Crippen LogP contribution in [-0.4, -0.2) is 41.4 Å². The second kappa shape index (κ2) is 9.85. The van der Waals surface area contributed by atoms with Gasteiger partial charge in [-0.25, -0.2) is 4.99 Å². The van der Waals surface area contributed by atoms with Crippen LogP contribution in [0, 0.1) is 29.1 Å². The first kappa shape index (κ1) is 25.0. The summed E-state index contributed by atoms with van der Waals surface area (Å²) in [5.41, 5.74) is 3.03. The third kappa shape index (κ3) is 4.82. The maximum Gasteiger partial charge on any atom is 0.170 e. The third-order valence-corrected chi connectivity index (χ3v) is 8.19. The summed E-state index contributed by atoms with van der Waals surface area (Å²) >= 11 is 0. The largest absolute Gasteiger partial charge is 0.497 e. The van der Waals surface area contributed by atoms with E-state index in [4.69, 9.17) is 9.73 Å². The standard InChI is InChI=1S/C29H42N2O3/c1-18(2)17-31-27-25(26(32)20(4)28(31)33)23(16-29(5)13-11-22(34-6)12-14-29)24(30-27)15-19(3)21-9-7-8-10-21/h11-13,18,20-21,23,28,33H,3,7-10,14-17H2,1-2,4-6H3. The van der Waals surface area contributed by atoms with Gasteiger partial charge in [0.05, 0.1) is 13.0 Å². The molecule has 4 unspecified atom stereocenters. The van der Waals surface area contributed by atoms with Gasteiger partial charge in [0.1, 0.15) is 17.8 Å². The first-order valence-electron chi connectivity index (χ1n) is 13.0. The Balaban J connectivity index is 1.69. The molecule has 1 fully saturated rings. The minimum absolute atomic E-state index is 0.0441. The average Bonchev–Trinajstić information content (AvgIpc) is 3.45. The smallest absolute Gasteiger partial charge is 0.170 e. The van der Waals surface area contributed by atoms with Crippen LogP contribution in [0.4, 0.5) is 0 Å². The minimum atomic E-state index is -0.826. The molecule has 2 aliphatic heterocycles. The molecular weight excluding hydrogens is 424 g/mol. The lowest BCUT2D eigenvalue weighted by Crippen LogP contribution is -2.48. The molecule has 186 valence electrons. The number of methoxy groups -OCH3 is 1. The van der Waals surface area contributed by atoms with Gasteiger partial charge in [-0.3, -0.25) is 4.79 Å². The van der Waals surface area contributed by atoms with E-state index >= 15 is 0 Å². The number of aliphatic imine (C=N–C) groups is 1. The highest BCUT2D eigenvalue weighted by molar-refractivity contribution is 6.09. The van der Waals surface area contributed by atoms with E-state index in [-0.39, 0.29) is 17.1 Å². The Morgan fingerprint density at radius 2 is 2.06 bits per heavy atom. The molecule has 0 bridgehead atoms. The van der Waals surface area contributed by atoms with Gasteiger partial charge in [-0.05, 0) is 55.1 Å². The van der Waals surface area contributed by atoms with Crippen LogP contribution in [0.25, 0.3) is 0 Å². The number of aliphatic hydroxyl groups excluding tert-OH is 1. The highest BCUT2D eigenvalue weighted by atomic mass is 16.5. The van der Waals surface area contributed by atoms with Crippen molar-refractivity contribution >= 4 is 11.5 Å². The minimum Gasteiger partial charge on any atom is -0.497 e. The monoisotopic (exact) mass is 466 g/mol. The molecular formula is C29H42N2O3. The second-order valence-corrected chi connectivity index (χ2v) is 11.5. The SMILES string of the molecule is C=C(CC1=NC2=C(C(=O)C(C)C(O)N2CC(C)C)C1CC1(C)C=CC(OC)=CC1)C1CCCC1. The van der Waals surface area contributed by atoms with Gasteiger partial charge in [-0.2, -0.15) is 0 Å². The summed E-state index contributed by atoms with van der Waals surface area (Å²) in [5.74, 6) is 2.06. The molecule has 4 rings (SSSR count). The maximum absolute atomic E-state index is 13.6. The fourth-order valence-electron chi connectivity index (χ4n) is 6.08. The van der Waals surface area contributed by atoms with Crippen molar-refractivity contribution in [2.75, 3.05) is 13.7 Å². The summed E-state index contributed by atoms with van der Waals surface area (Å²) < 4.78 is 5.41. The summed E-state index contributed by atoms with van der Waals surface area (Å²) in [7, 11) is 1.70. The lowest BCUT2D eigenvalue weighted by Gasteiger charge is -2.39. The van der Waals surface area contributed by atoms with Gasteiger partial charge in [0, 0.05) is 30.2 Å². The molecule has 0 saturated heterocycles. The van der Waals surface area contributed by atoms with Crippen molar-refractivity contribution in [2.45, 2.75) is 78.9 Å². The van der Waals surface area contributed by atoms with Gasteiger partial charge in [0.2, 0.25) is 0 Å². The molecule has 4 aliphatic rings. The first-order chi connectivity index (χ1) is 16.1. The third-order valence-electron chi connectivity index (χ3n) is 8.19. The number of nitrogens with zero attached hydrogens (tertiary/aromatic N) is 2. The molecule has 4 atom stereocenters. The zero-order valence-electron chi connectivity index (χ0n) is 21.6. The second-order valence-electron chi connectivity index (χ2n) is 11.5. The van der Waals surface area contributed by atoms with E-state index in [9.17, 15) is 9.90 Å². The van der Waals surface area contributed by atoms with Crippen LogP contribution in [0.2, 0.25) is 0 Å². The molecule has 1 saturated carbocycles. The lowest BCUT2D eigenvalue weighted by atomic mass is 9.70. The number of ketones is 1. The van der Waals surface area contributed by atoms with E-state index in [1.165, 1.54) is 31.3 Å². The van der Waals surface area contributed by atoms with Crippen LogP contribution in [0.1, 0.15) is 72.6 Å². The normalized spacial score (nSPS) is 31.8. The molecule has 34 heavy (non-hydrogen) atoms. The summed E-state index contributed by atoms with van der Waals surface area (Å²) in [5, 5.41) is 11.0. The maximum atomic E-state index is 13.6. The number of carbonyl (C=O) groups excluding carboxylic acids is 1. The predicted molar refractivity (Wildman–Crippen MR) is 137 cm³/mol. The van der Waals surface area contributed by atoms with E-state index < -0.39 is 12.1 Å². The number of aliphatic hydroxyl groups is 1. The predicted octanol–water partition coefficient (Wildman–Crippen LogP) is 5.79. The zero-order valence-corrected chi connectivity index (χ0v) is 21.6. The molecule has 2 heterocycles. The van der Waals surface area contributed by atoms with Crippen molar-refractivity contribution in [3.8, 4) is 0 Å². The van der Waals surface area contributed by atoms with Gasteiger partial charge in [0.15, 0.2) is 5.78 Å². The molecule has 0 spiro atoms. The van der Waals surface area contributed by atoms with Crippen LogP contribution in [0.5, 0.6) is 0 Å². The Kier molecular flexibility index (Phi) is 7.23. The van der Waals surface area contributed by atoms with Crippen molar-refractivity contribution in [3.63, 3.8) is 0 Å². The van der Waals surface area contributed by atoms with Crippen molar-refractivity contribution in [1.82, 2.24) is 4.90 Å². The van der Waals surface area contributed by atoms with Crippen molar-refractivity contribution < 1.29 is 14.6 Å². The molecule has 1 N–H and O–H groups in total. The van der Waals surface area contributed by atoms with E-state index in [0.717, 1.165) is 36.3 Å². The Labute approximate surface area is 205 Å². The molecule has 2 aliphatic carbocycles. The number of carbonyl (C=O) groups is 1. The van der Waals surface area contributed by atoms with Crippen LogP contribution in [0.15, 0.2) is 52.5 Å². The summed E-state index contributed by atoms with van der Waals surface area (Å²) in [6.45, 7) is 13.5. The number of rotatable bonds is 8. The van der Waals surface area contributed by atoms with E-state index in [1.54, 1.807) is 7.11 Å². The number of hydrogen-bond acceptors (Lipinski definition) is 5. The fourth-order valence-corrected chi connectivity index (χ4v) is 6.08. The molecule has 0 aromatic rings. The number of hydrogen-bond donors (Lipinski definition) is 1. The Morgan fingerprint density at radius 1 is 1.35 bits per heavy atom. The molecule has 5 nitrogen and oxygen atoms in total. The number of allylic oxidation sites excluding steroid dienone is 5. The van der Waals surface area contributed by atoms with E-state index in [1.807, 2.05) is 17.9 Å². The number of ether oxygens (including phenoxy) is 1. The van der Waals surface area contributed by atoms with Gasteiger partial charge in [-0.1, -0.05) is 58.8 Å².